The van der Waals surface area contributed by atoms with Crippen LogP contribution in [-0.4, -0.2) is 42.4 Å². The Bertz CT molecular complexity index is 1100. The molecule has 1 amide bonds. The molecule has 132 valence electrons. The molecule has 0 saturated heterocycles. The molecule has 0 fully saturated rings. The van der Waals surface area contributed by atoms with E-state index in [0.717, 1.165) is 9.69 Å². The lowest BCUT2D eigenvalue weighted by Crippen LogP contribution is -2.35. The summed E-state index contributed by atoms with van der Waals surface area (Å²) in [6.45, 7) is -0.354. The number of carbonyl (C=O) groups is 1. The van der Waals surface area contributed by atoms with Gasteiger partial charge in [-0.25, -0.2) is 8.42 Å². The standard InChI is InChI=1S/C17H15N5O3S/c1-22(26(24,25)14-7-5-12(9-18)6-8-14)11-16(23)20-15-4-2-3-13-10-19-21-17(13)15/h2-8,10H,11H2,1H3,(H,19,21)(H,20,23). The van der Waals surface area contributed by atoms with Crippen LogP contribution in [0.25, 0.3) is 10.9 Å². The lowest BCUT2D eigenvalue weighted by Gasteiger charge is -2.17. The number of likely N-dealkylation sites (N-methyl/N-ethyl adjacent to an activating group) is 1. The van der Waals surface area contributed by atoms with Crippen molar-refractivity contribution in [1.82, 2.24) is 14.5 Å². The molecule has 0 aliphatic rings. The van der Waals surface area contributed by atoms with Gasteiger partial charge in [-0.05, 0) is 30.3 Å². The van der Waals surface area contributed by atoms with Crippen LogP contribution in [0.4, 0.5) is 5.69 Å². The lowest BCUT2D eigenvalue weighted by atomic mass is 10.2. The zero-order valence-electron chi connectivity index (χ0n) is 13.8. The second-order valence-corrected chi connectivity index (χ2v) is 7.63. The number of nitrogens with zero attached hydrogens (tertiary/aromatic N) is 3. The molecular weight excluding hydrogens is 354 g/mol. The summed E-state index contributed by atoms with van der Waals surface area (Å²) in [6, 6.07) is 12.8. The number of H-pyrrole nitrogens is 1. The van der Waals surface area contributed by atoms with E-state index in [2.05, 4.69) is 15.5 Å². The van der Waals surface area contributed by atoms with Crippen LogP contribution in [0.1, 0.15) is 5.56 Å². The number of benzene rings is 2. The molecule has 0 spiro atoms. The molecule has 0 aliphatic heterocycles. The Balaban J connectivity index is 1.74. The second-order valence-electron chi connectivity index (χ2n) is 5.59. The SMILES string of the molecule is CN(CC(=O)Nc1cccc2cn[nH]c12)S(=O)(=O)c1ccc(C#N)cc1. The Morgan fingerprint density at radius 2 is 2.00 bits per heavy atom. The second kappa shape index (κ2) is 6.95. The molecule has 9 heteroatoms. The van der Waals surface area contributed by atoms with Crippen LogP contribution in [0.2, 0.25) is 0 Å². The van der Waals surface area contributed by atoms with E-state index < -0.39 is 15.9 Å². The van der Waals surface area contributed by atoms with Crippen LogP contribution in [0, 0.1) is 11.3 Å². The van der Waals surface area contributed by atoms with E-state index in [9.17, 15) is 13.2 Å². The van der Waals surface area contributed by atoms with E-state index in [-0.39, 0.29) is 11.4 Å². The van der Waals surface area contributed by atoms with Gasteiger partial charge in [-0.3, -0.25) is 9.89 Å². The van der Waals surface area contributed by atoms with E-state index in [1.165, 1.54) is 31.3 Å². The molecular formula is C17H15N5O3S. The maximum atomic E-state index is 12.5. The summed E-state index contributed by atoms with van der Waals surface area (Å²) in [7, 11) is -2.52. The average Bonchev–Trinajstić information content (AvgIpc) is 3.11. The highest BCUT2D eigenvalue weighted by molar-refractivity contribution is 7.89. The van der Waals surface area contributed by atoms with Gasteiger partial charge >= 0.3 is 0 Å². The maximum Gasteiger partial charge on any atom is 0.243 e. The highest BCUT2D eigenvalue weighted by Crippen LogP contribution is 2.20. The Labute approximate surface area is 150 Å². The maximum absolute atomic E-state index is 12.5. The molecule has 2 aromatic carbocycles. The third-order valence-electron chi connectivity index (χ3n) is 3.81. The zero-order valence-corrected chi connectivity index (χ0v) is 14.6. The number of hydrogen-bond acceptors (Lipinski definition) is 5. The molecule has 0 atom stereocenters. The monoisotopic (exact) mass is 369 g/mol. The normalized spacial score (nSPS) is 11.4. The highest BCUT2D eigenvalue weighted by Gasteiger charge is 2.23. The van der Waals surface area contributed by atoms with Gasteiger partial charge in [0, 0.05) is 12.4 Å². The van der Waals surface area contributed by atoms with Crippen molar-refractivity contribution < 1.29 is 13.2 Å². The first-order valence-corrected chi connectivity index (χ1v) is 9.04. The molecule has 3 aromatic rings. The van der Waals surface area contributed by atoms with Crippen molar-refractivity contribution in [3.8, 4) is 6.07 Å². The Morgan fingerprint density at radius 3 is 2.69 bits per heavy atom. The molecule has 0 aliphatic carbocycles. The topological polar surface area (TPSA) is 119 Å². The summed E-state index contributed by atoms with van der Waals surface area (Å²) in [6.07, 6.45) is 1.63. The summed E-state index contributed by atoms with van der Waals surface area (Å²) in [5.74, 6) is -0.480. The third kappa shape index (κ3) is 3.42. The van der Waals surface area contributed by atoms with Gasteiger partial charge < -0.3 is 5.32 Å². The van der Waals surface area contributed by atoms with Crippen molar-refractivity contribution >= 4 is 32.5 Å². The smallest absolute Gasteiger partial charge is 0.243 e. The Morgan fingerprint density at radius 1 is 1.27 bits per heavy atom. The minimum Gasteiger partial charge on any atom is -0.323 e. The van der Waals surface area contributed by atoms with Gasteiger partial charge in [0.2, 0.25) is 15.9 Å². The quantitative estimate of drug-likeness (QED) is 0.709. The first kappa shape index (κ1) is 17.6. The molecule has 0 radical (unpaired) electrons. The molecule has 0 saturated carbocycles. The van der Waals surface area contributed by atoms with Crippen LogP contribution in [0.3, 0.4) is 0 Å². The van der Waals surface area contributed by atoms with Crippen LogP contribution >= 0.6 is 0 Å². The Kier molecular flexibility index (Phi) is 4.71. The zero-order chi connectivity index (χ0) is 18.7. The predicted molar refractivity (Wildman–Crippen MR) is 95.7 cm³/mol. The lowest BCUT2D eigenvalue weighted by molar-refractivity contribution is -0.116. The van der Waals surface area contributed by atoms with Gasteiger partial charge in [-0.15, -0.1) is 0 Å². The number of aromatic amines is 1. The first-order chi connectivity index (χ1) is 12.4. The van der Waals surface area contributed by atoms with Crippen molar-refractivity contribution in [2.45, 2.75) is 4.90 Å². The Hall–Kier alpha value is -3.22. The summed E-state index contributed by atoms with van der Waals surface area (Å²) in [4.78, 5) is 12.3. The van der Waals surface area contributed by atoms with Crippen LogP contribution < -0.4 is 5.32 Å². The number of fused-ring (bicyclic) bond motifs is 1. The fourth-order valence-electron chi connectivity index (χ4n) is 2.43. The van der Waals surface area contributed by atoms with E-state index in [1.807, 2.05) is 12.1 Å². The van der Waals surface area contributed by atoms with E-state index in [0.29, 0.717) is 16.8 Å². The van der Waals surface area contributed by atoms with Gasteiger partial charge in [0.25, 0.3) is 0 Å². The van der Waals surface area contributed by atoms with Crippen molar-refractivity contribution in [2.75, 3.05) is 18.9 Å². The number of carbonyl (C=O) groups excluding carboxylic acids is 1. The first-order valence-electron chi connectivity index (χ1n) is 7.60. The molecule has 0 bridgehead atoms. The fraction of sp³-hybridized carbons (Fsp3) is 0.118. The van der Waals surface area contributed by atoms with Gasteiger partial charge in [0.1, 0.15) is 0 Å². The van der Waals surface area contributed by atoms with Crippen molar-refractivity contribution in [2.24, 2.45) is 0 Å². The molecule has 0 unspecified atom stereocenters. The number of nitriles is 1. The largest absolute Gasteiger partial charge is 0.323 e. The van der Waals surface area contributed by atoms with Crippen molar-refractivity contribution in [1.29, 1.82) is 5.26 Å². The number of sulfonamides is 1. The van der Waals surface area contributed by atoms with Crippen LogP contribution in [-0.2, 0) is 14.8 Å². The van der Waals surface area contributed by atoms with Gasteiger partial charge in [-0.1, -0.05) is 12.1 Å². The van der Waals surface area contributed by atoms with Crippen molar-refractivity contribution in [3.63, 3.8) is 0 Å². The van der Waals surface area contributed by atoms with E-state index in [4.69, 9.17) is 5.26 Å². The number of aromatic nitrogens is 2. The summed E-state index contributed by atoms with van der Waals surface area (Å²) >= 11 is 0. The number of hydrogen-bond donors (Lipinski definition) is 2. The number of para-hydroxylation sites is 1. The number of nitrogens with one attached hydrogen (secondary N) is 2. The minimum absolute atomic E-state index is 0.0162. The van der Waals surface area contributed by atoms with Gasteiger partial charge in [0.05, 0.1) is 40.5 Å². The minimum atomic E-state index is -3.84. The fourth-order valence-corrected chi connectivity index (χ4v) is 3.56. The van der Waals surface area contributed by atoms with Gasteiger partial charge in [-0.2, -0.15) is 14.7 Å². The number of amides is 1. The van der Waals surface area contributed by atoms with Crippen LogP contribution in [0.5, 0.6) is 0 Å². The third-order valence-corrected chi connectivity index (χ3v) is 5.63. The molecule has 3 rings (SSSR count). The van der Waals surface area contributed by atoms with E-state index in [1.54, 1.807) is 18.3 Å². The average molecular weight is 369 g/mol. The van der Waals surface area contributed by atoms with E-state index >= 15 is 0 Å². The van der Waals surface area contributed by atoms with Crippen LogP contribution in [0.15, 0.2) is 53.6 Å². The molecule has 1 aromatic heterocycles. The predicted octanol–water partition coefficient (Wildman–Crippen LogP) is 1.69. The number of rotatable bonds is 5. The van der Waals surface area contributed by atoms with Crippen molar-refractivity contribution in [3.05, 3.63) is 54.2 Å². The summed E-state index contributed by atoms with van der Waals surface area (Å²) in [5.41, 5.74) is 1.55. The summed E-state index contributed by atoms with van der Waals surface area (Å²) in [5, 5.41) is 19.0. The van der Waals surface area contributed by atoms with Gasteiger partial charge in [0.15, 0.2) is 0 Å². The number of anilines is 1. The molecule has 26 heavy (non-hydrogen) atoms. The summed E-state index contributed by atoms with van der Waals surface area (Å²) < 4.78 is 26.0. The molecule has 8 nitrogen and oxygen atoms in total. The highest BCUT2D eigenvalue weighted by atomic mass is 32.2. The molecule has 1 heterocycles. The molecule has 2 N–H and O–H groups in total.